The van der Waals surface area contributed by atoms with E-state index in [0.29, 0.717) is 11.2 Å². The van der Waals surface area contributed by atoms with E-state index in [2.05, 4.69) is 21.3 Å². The first-order valence-corrected chi connectivity index (χ1v) is 5.45. The summed E-state index contributed by atoms with van der Waals surface area (Å²) in [6.07, 6.45) is 5.34. The van der Waals surface area contributed by atoms with Crippen LogP contribution in [-0.4, -0.2) is 19.6 Å². The smallest absolute Gasteiger partial charge is 0.169 e. The molecule has 3 rings (SSSR count). The summed E-state index contributed by atoms with van der Waals surface area (Å²) in [6, 6.07) is 7.53. The Bertz CT molecular complexity index is 766. The fraction of sp³-hybridized carbons (Fsp3) is 0.0769. The lowest BCUT2D eigenvalue weighted by atomic mass is 10.2. The second-order valence-corrected chi connectivity index (χ2v) is 4.03. The van der Waals surface area contributed by atoms with Crippen molar-refractivity contribution < 1.29 is 0 Å². The molecule has 18 heavy (non-hydrogen) atoms. The van der Waals surface area contributed by atoms with Crippen LogP contribution in [0.2, 0.25) is 0 Å². The lowest BCUT2D eigenvalue weighted by Gasteiger charge is -2.00. The van der Waals surface area contributed by atoms with Gasteiger partial charge in [-0.05, 0) is 24.6 Å². The van der Waals surface area contributed by atoms with Gasteiger partial charge in [-0.1, -0.05) is 0 Å². The molecule has 0 atom stereocenters. The van der Waals surface area contributed by atoms with Crippen molar-refractivity contribution in [1.82, 2.24) is 19.6 Å². The minimum atomic E-state index is 0.573. The Morgan fingerprint density at radius 2 is 2.11 bits per heavy atom. The Labute approximate surface area is 103 Å². The van der Waals surface area contributed by atoms with Crippen LogP contribution in [0, 0.1) is 18.3 Å². The van der Waals surface area contributed by atoms with Crippen molar-refractivity contribution in [2.45, 2.75) is 6.92 Å². The number of aromatic nitrogens is 4. The van der Waals surface area contributed by atoms with Gasteiger partial charge in [-0.25, -0.2) is 0 Å². The number of nitrogens with zero attached hydrogens (tertiary/aromatic N) is 5. The highest BCUT2D eigenvalue weighted by molar-refractivity contribution is 5.60. The molecule has 3 heterocycles. The minimum Gasteiger partial charge on any atom is -0.282 e. The molecule has 0 aliphatic rings. The molecular formula is C13H9N5. The Morgan fingerprint density at radius 1 is 1.22 bits per heavy atom. The van der Waals surface area contributed by atoms with E-state index in [9.17, 15) is 0 Å². The van der Waals surface area contributed by atoms with Gasteiger partial charge in [0.25, 0.3) is 0 Å². The molecule has 5 heteroatoms. The van der Waals surface area contributed by atoms with E-state index in [1.54, 1.807) is 30.7 Å². The van der Waals surface area contributed by atoms with E-state index >= 15 is 0 Å². The van der Waals surface area contributed by atoms with Crippen LogP contribution in [0.25, 0.3) is 17.0 Å². The largest absolute Gasteiger partial charge is 0.282 e. The van der Waals surface area contributed by atoms with Crippen LogP contribution < -0.4 is 0 Å². The molecule has 0 fully saturated rings. The third-order valence-corrected chi connectivity index (χ3v) is 2.67. The van der Waals surface area contributed by atoms with Crippen molar-refractivity contribution in [2.75, 3.05) is 0 Å². The van der Waals surface area contributed by atoms with Gasteiger partial charge in [-0.3, -0.25) is 9.38 Å². The van der Waals surface area contributed by atoms with Crippen molar-refractivity contribution in [3.63, 3.8) is 0 Å². The summed E-state index contributed by atoms with van der Waals surface area (Å²) in [5, 5.41) is 17.1. The summed E-state index contributed by atoms with van der Waals surface area (Å²) in [4.78, 5) is 4.15. The van der Waals surface area contributed by atoms with E-state index in [-0.39, 0.29) is 0 Å². The summed E-state index contributed by atoms with van der Waals surface area (Å²) < 4.78 is 1.84. The van der Waals surface area contributed by atoms with Gasteiger partial charge < -0.3 is 0 Å². The Morgan fingerprint density at radius 3 is 2.89 bits per heavy atom. The van der Waals surface area contributed by atoms with Crippen molar-refractivity contribution in [3.05, 3.63) is 47.9 Å². The normalized spacial score (nSPS) is 10.4. The van der Waals surface area contributed by atoms with Gasteiger partial charge in [0.15, 0.2) is 11.5 Å². The van der Waals surface area contributed by atoms with Crippen LogP contribution in [0.15, 0.2) is 36.8 Å². The number of rotatable bonds is 1. The fourth-order valence-corrected chi connectivity index (χ4v) is 1.83. The molecule has 5 nitrogen and oxygen atoms in total. The lowest BCUT2D eigenvalue weighted by Crippen LogP contribution is -1.91. The molecule has 86 valence electrons. The lowest BCUT2D eigenvalue weighted by molar-refractivity contribution is 1.10. The summed E-state index contributed by atoms with van der Waals surface area (Å²) in [5.74, 6) is 0.727. The van der Waals surface area contributed by atoms with Crippen molar-refractivity contribution in [3.8, 4) is 17.5 Å². The highest BCUT2D eigenvalue weighted by atomic mass is 15.2. The highest BCUT2D eigenvalue weighted by Crippen LogP contribution is 2.18. The molecule has 0 saturated heterocycles. The molecule has 0 N–H and O–H groups in total. The molecule has 3 aromatic heterocycles. The molecule has 0 spiro atoms. The average Bonchev–Trinajstić information content (AvgIpc) is 2.81. The minimum absolute atomic E-state index is 0.573. The van der Waals surface area contributed by atoms with Gasteiger partial charge in [0, 0.05) is 30.2 Å². The van der Waals surface area contributed by atoms with Gasteiger partial charge in [-0.15, -0.1) is 10.2 Å². The molecule has 0 amide bonds. The number of hydrogen-bond acceptors (Lipinski definition) is 4. The van der Waals surface area contributed by atoms with E-state index < -0.39 is 0 Å². The first kappa shape index (κ1) is 10.4. The summed E-state index contributed by atoms with van der Waals surface area (Å²) in [6.45, 7) is 1.98. The van der Waals surface area contributed by atoms with Crippen LogP contribution >= 0.6 is 0 Å². The van der Waals surface area contributed by atoms with Gasteiger partial charge in [0.2, 0.25) is 0 Å². The van der Waals surface area contributed by atoms with Crippen molar-refractivity contribution >= 4 is 5.65 Å². The predicted molar refractivity (Wildman–Crippen MR) is 65.7 cm³/mol. The molecular weight excluding hydrogens is 226 g/mol. The molecule has 0 aromatic carbocycles. The zero-order valence-corrected chi connectivity index (χ0v) is 9.70. The van der Waals surface area contributed by atoms with Crippen LogP contribution in [-0.2, 0) is 0 Å². The Balaban J connectivity index is 2.22. The summed E-state index contributed by atoms with van der Waals surface area (Å²) in [5.41, 5.74) is 3.21. The summed E-state index contributed by atoms with van der Waals surface area (Å²) in [7, 11) is 0. The van der Waals surface area contributed by atoms with Crippen LogP contribution in [0.3, 0.4) is 0 Å². The number of pyridine rings is 2. The quantitative estimate of drug-likeness (QED) is 0.646. The molecule has 3 aromatic rings. The second kappa shape index (κ2) is 3.93. The zero-order chi connectivity index (χ0) is 12.5. The van der Waals surface area contributed by atoms with E-state index in [1.165, 1.54) is 0 Å². The number of hydrogen-bond donors (Lipinski definition) is 0. The molecule has 0 bridgehead atoms. The topological polar surface area (TPSA) is 66.9 Å². The van der Waals surface area contributed by atoms with Crippen LogP contribution in [0.4, 0.5) is 0 Å². The van der Waals surface area contributed by atoms with Crippen molar-refractivity contribution in [1.29, 1.82) is 5.26 Å². The molecule has 0 unspecified atom stereocenters. The third kappa shape index (κ3) is 1.60. The van der Waals surface area contributed by atoms with Gasteiger partial charge in [0.05, 0.1) is 11.6 Å². The molecule has 0 aliphatic carbocycles. The Hall–Kier alpha value is -2.74. The van der Waals surface area contributed by atoms with E-state index in [1.807, 2.05) is 17.4 Å². The first-order valence-electron chi connectivity index (χ1n) is 5.45. The average molecular weight is 235 g/mol. The van der Waals surface area contributed by atoms with E-state index in [0.717, 1.165) is 17.0 Å². The standard InChI is InChI=1S/C13H9N5/c1-9-4-11(8-15-7-9)13-17-16-12-5-10(6-14)2-3-18(12)13/h2-5,7-8H,1H3. The first-order chi connectivity index (χ1) is 8.78. The van der Waals surface area contributed by atoms with E-state index in [4.69, 9.17) is 5.26 Å². The maximum Gasteiger partial charge on any atom is 0.169 e. The van der Waals surface area contributed by atoms with Crippen LogP contribution in [0.5, 0.6) is 0 Å². The molecule has 0 radical (unpaired) electrons. The Kier molecular flexibility index (Phi) is 2.27. The maximum atomic E-state index is 8.84. The molecule has 0 saturated carbocycles. The zero-order valence-electron chi connectivity index (χ0n) is 9.70. The maximum absolute atomic E-state index is 8.84. The van der Waals surface area contributed by atoms with Crippen LogP contribution in [0.1, 0.15) is 11.1 Å². The number of nitriles is 1. The fourth-order valence-electron chi connectivity index (χ4n) is 1.83. The predicted octanol–water partition coefficient (Wildman–Crippen LogP) is 1.97. The number of fused-ring (bicyclic) bond motifs is 1. The SMILES string of the molecule is Cc1cncc(-c2nnc3cc(C#N)ccn23)c1. The molecule has 0 aliphatic heterocycles. The second-order valence-electron chi connectivity index (χ2n) is 4.03. The highest BCUT2D eigenvalue weighted by Gasteiger charge is 2.08. The summed E-state index contributed by atoms with van der Waals surface area (Å²) >= 11 is 0. The van der Waals surface area contributed by atoms with Gasteiger partial charge in [0.1, 0.15) is 0 Å². The monoisotopic (exact) mass is 235 g/mol. The van der Waals surface area contributed by atoms with Gasteiger partial charge in [-0.2, -0.15) is 5.26 Å². The third-order valence-electron chi connectivity index (χ3n) is 2.67. The number of aryl methyl sites for hydroxylation is 1. The van der Waals surface area contributed by atoms with Gasteiger partial charge >= 0.3 is 0 Å². The van der Waals surface area contributed by atoms with Crippen molar-refractivity contribution in [2.24, 2.45) is 0 Å².